The van der Waals surface area contributed by atoms with E-state index in [9.17, 15) is 0 Å². The lowest BCUT2D eigenvalue weighted by molar-refractivity contribution is -0.917. The Hall–Kier alpha value is -1.57. The molecule has 1 aromatic carbocycles. The van der Waals surface area contributed by atoms with Gasteiger partial charge in [-0.25, -0.2) is 4.98 Å². The van der Waals surface area contributed by atoms with Crippen molar-refractivity contribution in [1.29, 1.82) is 0 Å². The van der Waals surface area contributed by atoms with Crippen molar-refractivity contribution in [3.05, 3.63) is 39.9 Å². The van der Waals surface area contributed by atoms with Crippen molar-refractivity contribution in [3.63, 3.8) is 0 Å². The third-order valence-corrected chi connectivity index (χ3v) is 5.75. The van der Waals surface area contributed by atoms with Gasteiger partial charge in [0.25, 0.3) is 0 Å². The van der Waals surface area contributed by atoms with Crippen LogP contribution >= 0.6 is 23.6 Å². The van der Waals surface area contributed by atoms with Crippen molar-refractivity contribution in [2.75, 3.05) is 7.05 Å². The number of thiazole rings is 1. The zero-order chi connectivity index (χ0) is 16.0. The molecule has 0 spiro atoms. The van der Waals surface area contributed by atoms with E-state index in [1.807, 2.05) is 17.8 Å². The monoisotopic (exact) mass is 346 g/mol. The molecule has 1 atom stereocenters. The van der Waals surface area contributed by atoms with Crippen LogP contribution in [-0.4, -0.2) is 26.4 Å². The second kappa shape index (κ2) is 5.81. The molecular weight excluding hydrogens is 326 g/mol. The molecule has 1 unspecified atom stereocenters. The number of quaternary nitrogens is 1. The summed E-state index contributed by atoms with van der Waals surface area (Å²) >= 11 is 7.30. The average Bonchev–Trinajstić information content (AvgIpc) is 3.23. The molecule has 2 aromatic heterocycles. The Bertz CT molecular complexity index is 870. The van der Waals surface area contributed by atoms with Gasteiger partial charge in [0, 0.05) is 13.0 Å². The van der Waals surface area contributed by atoms with Crippen molar-refractivity contribution < 1.29 is 4.90 Å². The van der Waals surface area contributed by atoms with Crippen LogP contribution in [0.1, 0.15) is 29.6 Å². The fourth-order valence-electron chi connectivity index (χ4n) is 2.87. The standard InChI is InChI=1S/C16H19N5S2/c1-19(9-14-17-12-5-3-4-6-13(12)23-14)10-21-16(22)20(2)15(18-21)11-7-8-11/h3-6,11H,7-10H2,1-2H3/p+1. The van der Waals surface area contributed by atoms with Crippen LogP contribution in [0.15, 0.2) is 24.3 Å². The van der Waals surface area contributed by atoms with E-state index < -0.39 is 0 Å². The number of aromatic nitrogens is 4. The van der Waals surface area contributed by atoms with Gasteiger partial charge in [0.15, 0.2) is 6.67 Å². The normalized spacial score (nSPS) is 16.1. The molecule has 0 bridgehead atoms. The minimum atomic E-state index is 0.618. The van der Waals surface area contributed by atoms with E-state index in [1.54, 1.807) is 11.3 Å². The van der Waals surface area contributed by atoms with Crippen molar-refractivity contribution in [1.82, 2.24) is 19.3 Å². The second-order valence-corrected chi connectivity index (χ2v) is 7.82. The minimum absolute atomic E-state index is 0.618. The van der Waals surface area contributed by atoms with E-state index in [0.717, 1.165) is 34.3 Å². The van der Waals surface area contributed by atoms with Gasteiger partial charge < -0.3 is 9.47 Å². The van der Waals surface area contributed by atoms with E-state index in [0.29, 0.717) is 5.92 Å². The van der Waals surface area contributed by atoms with Gasteiger partial charge >= 0.3 is 0 Å². The molecule has 2 heterocycles. The number of para-hydroxylation sites is 1. The first-order valence-electron chi connectivity index (χ1n) is 7.91. The smallest absolute Gasteiger partial charge is 0.202 e. The Balaban J connectivity index is 1.50. The lowest BCUT2D eigenvalue weighted by Crippen LogP contribution is -3.07. The fourth-order valence-corrected chi connectivity index (χ4v) is 4.15. The van der Waals surface area contributed by atoms with Gasteiger partial charge in [-0.05, 0) is 37.2 Å². The summed E-state index contributed by atoms with van der Waals surface area (Å²) in [6.07, 6.45) is 2.49. The van der Waals surface area contributed by atoms with Crippen LogP contribution in [0.2, 0.25) is 0 Å². The molecule has 1 N–H and O–H groups in total. The van der Waals surface area contributed by atoms with E-state index >= 15 is 0 Å². The van der Waals surface area contributed by atoms with Crippen molar-refractivity contribution in [2.24, 2.45) is 7.05 Å². The summed E-state index contributed by atoms with van der Waals surface area (Å²) < 4.78 is 6.10. The average molecular weight is 347 g/mol. The van der Waals surface area contributed by atoms with Gasteiger partial charge in [-0.3, -0.25) is 0 Å². The highest BCUT2D eigenvalue weighted by atomic mass is 32.1. The Morgan fingerprint density at radius 1 is 1.35 bits per heavy atom. The quantitative estimate of drug-likeness (QED) is 0.720. The first-order valence-corrected chi connectivity index (χ1v) is 9.14. The van der Waals surface area contributed by atoms with Crippen LogP contribution in [0.3, 0.4) is 0 Å². The summed E-state index contributed by atoms with van der Waals surface area (Å²) in [7, 11) is 4.20. The van der Waals surface area contributed by atoms with E-state index in [1.165, 1.54) is 22.4 Å². The zero-order valence-corrected chi connectivity index (χ0v) is 15.0. The summed E-state index contributed by atoms with van der Waals surface area (Å²) in [5, 5.41) is 5.89. The Kier molecular flexibility index (Phi) is 3.79. The summed E-state index contributed by atoms with van der Waals surface area (Å²) in [5.41, 5.74) is 1.09. The van der Waals surface area contributed by atoms with E-state index in [2.05, 4.69) is 29.8 Å². The van der Waals surface area contributed by atoms with Crippen LogP contribution in [0, 0.1) is 4.77 Å². The molecule has 1 aliphatic rings. The Morgan fingerprint density at radius 2 is 2.13 bits per heavy atom. The van der Waals surface area contributed by atoms with Crippen LogP contribution in [0.25, 0.3) is 10.2 Å². The minimum Gasteiger partial charge on any atom is -0.313 e. The molecule has 120 valence electrons. The van der Waals surface area contributed by atoms with Gasteiger partial charge in [-0.15, -0.1) is 11.3 Å². The molecule has 4 rings (SSSR count). The van der Waals surface area contributed by atoms with Gasteiger partial charge in [-0.1, -0.05) is 12.1 Å². The number of nitrogens with zero attached hydrogens (tertiary/aromatic N) is 4. The molecule has 1 saturated carbocycles. The van der Waals surface area contributed by atoms with Crippen LogP contribution in [-0.2, 0) is 20.3 Å². The van der Waals surface area contributed by atoms with Crippen LogP contribution < -0.4 is 4.90 Å². The van der Waals surface area contributed by atoms with E-state index in [-0.39, 0.29) is 0 Å². The number of hydrogen-bond donors (Lipinski definition) is 1. The maximum Gasteiger partial charge on any atom is 0.202 e. The summed E-state index contributed by atoms with van der Waals surface area (Å²) in [6.45, 7) is 1.66. The van der Waals surface area contributed by atoms with Crippen LogP contribution in [0.4, 0.5) is 0 Å². The maximum atomic E-state index is 5.53. The summed E-state index contributed by atoms with van der Waals surface area (Å²) in [4.78, 5) is 6.05. The first-order chi connectivity index (χ1) is 11.1. The molecule has 0 amide bonds. The molecule has 7 heteroatoms. The van der Waals surface area contributed by atoms with E-state index in [4.69, 9.17) is 22.3 Å². The van der Waals surface area contributed by atoms with Gasteiger partial charge in [0.1, 0.15) is 17.4 Å². The molecule has 1 fully saturated rings. The maximum absolute atomic E-state index is 5.53. The molecule has 0 radical (unpaired) electrons. The highest BCUT2D eigenvalue weighted by molar-refractivity contribution is 7.71. The number of fused-ring (bicyclic) bond motifs is 1. The molecule has 3 aromatic rings. The number of benzene rings is 1. The zero-order valence-electron chi connectivity index (χ0n) is 13.3. The fraction of sp³-hybridized carbons (Fsp3) is 0.438. The Labute approximate surface area is 144 Å². The van der Waals surface area contributed by atoms with Gasteiger partial charge in [-0.2, -0.15) is 9.78 Å². The second-order valence-electron chi connectivity index (χ2n) is 6.34. The van der Waals surface area contributed by atoms with Crippen LogP contribution in [0.5, 0.6) is 0 Å². The number of nitrogens with one attached hydrogen (secondary N) is 1. The molecule has 5 nitrogen and oxygen atoms in total. The lowest BCUT2D eigenvalue weighted by Gasteiger charge is -2.11. The Morgan fingerprint density at radius 3 is 2.87 bits per heavy atom. The molecular formula is C16H20N5S2+. The highest BCUT2D eigenvalue weighted by Crippen LogP contribution is 2.38. The number of rotatable bonds is 5. The largest absolute Gasteiger partial charge is 0.313 e. The summed E-state index contributed by atoms with van der Waals surface area (Å²) in [6, 6.07) is 8.30. The topological polar surface area (TPSA) is 40.1 Å². The van der Waals surface area contributed by atoms with Crippen molar-refractivity contribution >= 4 is 33.8 Å². The predicted molar refractivity (Wildman–Crippen MR) is 94.2 cm³/mol. The summed E-state index contributed by atoms with van der Waals surface area (Å²) in [5.74, 6) is 1.76. The molecule has 0 aliphatic heterocycles. The number of hydrogen-bond acceptors (Lipinski definition) is 4. The van der Waals surface area contributed by atoms with Crippen molar-refractivity contribution in [3.8, 4) is 0 Å². The predicted octanol–water partition coefficient (Wildman–Crippen LogP) is 2.11. The lowest BCUT2D eigenvalue weighted by atomic mass is 10.3. The third kappa shape index (κ3) is 2.96. The first kappa shape index (κ1) is 15.0. The molecule has 1 aliphatic carbocycles. The molecule has 0 saturated heterocycles. The SMILES string of the molecule is Cn1c(C2CC2)nn(C[NH+](C)Cc2nc3ccccc3s2)c1=S. The van der Waals surface area contributed by atoms with Gasteiger partial charge in [0.2, 0.25) is 4.77 Å². The third-order valence-electron chi connectivity index (χ3n) is 4.23. The van der Waals surface area contributed by atoms with Crippen molar-refractivity contribution in [2.45, 2.75) is 32.0 Å². The highest BCUT2D eigenvalue weighted by Gasteiger charge is 2.29. The molecule has 23 heavy (non-hydrogen) atoms. The van der Waals surface area contributed by atoms with Gasteiger partial charge in [0.05, 0.1) is 17.3 Å².